The number of ether oxygens (including phenoxy) is 4. The van der Waals surface area contributed by atoms with Crippen molar-refractivity contribution >= 4 is 17.7 Å². The minimum atomic E-state index is -1.43. The third-order valence-corrected chi connectivity index (χ3v) is 18.6. The Morgan fingerprint density at radius 1 is 1.02 bits per heavy atom. The van der Waals surface area contributed by atoms with Gasteiger partial charge in [-0.25, -0.2) is 4.79 Å². The number of fused-ring (bicyclic) bond motifs is 4. The lowest BCUT2D eigenvalue weighted by Crippen LogP contribution is -2.79. The van der Waals surface area contributed by atoms with Gasteiger partial charge in [0, 0.05) is 40.8 Å². The molecule has 1 aromatic rings. The molecule has 0 radical (unpaired) electrons. The molecule has 11 rings (SSSR count). The number of cyclic esters (lactones) is 2. The minimum absolute atomic E-state index is 0.0301. The number of nitrogens with one attached hydrogen (secondary N) is 1. The molecule has 2 spiro atoms. The molecule has 10 aliphatic rings. The van der Waals surface area contributed by atoms with Gasteiger partial charge in [-0.2, -0.15) is 0 Å². The van der Waals surface area contributed by atoms with Crippen LogP contribution in [0.4, 0.5) is 0 Å². The number of Topliss-reactive ketones (excluding diaryl/α,β-unsaturated/α-hetero) is 1. The van der Waals surface area contributed by atoms with Gasteiger partial charge in [-0.05, 0) is 107 Å². The number of esters is 2. The second-order valence-electron chi connectivity index (χ2n) is 21.1. The van der Waals surface area contributed by atoms with Gasteiger partial charge in [0.1, 0.15) is 30.2 Å². The topological polar surface area (TPSA) is 181 Å². The van der Waals surface area contributed by atoms with Crippen molar-refractivity contribution < 1.29 is 53.1 Å². The van der Waals surface area contributed by atoms with Crippen molar-refractivity contribution in [3.05, 3.63) is 35.9 Å². The van der Waals surface area contributed by atoms with E-state index in [1.165, 1.54) is 0 Å². The van der Waals surface area contributed by atoms with Crippen molar-refractivity contribution in [1.82, 2.24) is 10.2 Å². The van der Waals surface area contributed by atoms with Gasteiger partial charge in [-0.1, -0.05) is 32.3 Å². The summed E-state index contributed by atoms with van der Waals surface area (Å²) in [6.45, 7) is 7.43. The Balaban J connectivity index is 0.984. The lowest BCUT2D eigenvalue weighted by Gasteiger charge is -2.70. The summed E-state index contributed by atoms with van der Waals surface area (Å²) in [6, 6.07) is 2.36. The Kier molecular flexibility index (Phi) is 8.84. The van der Waals surface area contributed by atoms with Crippen LogP contribution in [0.2, 0.25) is 0 Å². The molecule has 0 unspecified atom stereocenters. The number of rotatable bonds is 7. The molecule has 322 valence electrons. The Morgan fingerprint density at radius 2 is 1.83 bits per heavy atom. The highest BCUT2D eigenvalue weighted by atomic mass is 16.7. The van der Waals surface area contributed by atoms with E-state index < -0.39 is 69.9 Å². The maximum atomic E-state index is 15.2. The number of hydrogen-bond acceptors (Lipinski definition) is 13. The number of allylic oxidation sites excluding steroid dienone is 1. The van der Waals surface area contributed by atoms with Crippen LogP contribution in [0.5, 0.6) is 0 Å². The number of aliphatic hydroxyl groups is 3. The summed E-state index contributed by atoms with van der Waals surface area (Å²) in [5.74, 6) is -0.913. The molecular weight excluding hydrogens is 757 g/mol. The highest BCUT2D eigenvalue weighted by Crippen LogP contribution is 2.82. The number of ketones is 1. The second kappa shape index (κ2) is 13.3. The minimum Gasteiger partial charge on any atom is -0.469 e. The molecule has 1 aromatic heterocycles. The zero-order valence-corrected chi connectivity index (χ0v) is 34.7. The summed E-state index contributed by atoms with van der Waals surface area (Å²) in [5, 5.41) is 38.5. The predicted molar refractivity (Wildman–Crippen MR) is 209 cm³/mol. The molecule has 7 heterocycles. The van der Waals surface area contributed by atoms with Gasteiger partial charge in [0.2, 0.25) is 0 Å². The molecule has 5 saturated heterocycles. The first-order chi connectivity index (χ1) is 28.3. The zero-order chi connectivity index (χ0) is 40.9. The van der Waals surface area contributed by atoms with Crippen molar-refractivity contribution in [3.8, 4) is 0 Å². The largest absolute Gasteiger partial charge is 0.469 e. The molecule has 59 heavy (non-hydrogen) atoms. The maximum Gasteiger partial charge on any atom is 0.339 e. The van der Waals surface area contributed by atoms with E-state index in [1.54, 1.807) is 6.26 Å². The van der Waals surface area contributed by atoms with Crippen LogP contribution in [0.3, 0.4) is 0 Å². The average molecular weight is 819 g/mol. The smallest absolute Gasteiger partial charge is 0.339 e. The standard InChI is InChI=1S/C46H62N2O11/c1-42(2)37-36(52)38(53)45(26-7-5-4-6-8-26)33(44(37)22-56-35(51)19-34(44)58-42)11-14-43(3)39(57-41(54)40-46(43,45)59-40)28-13-16-55-32(28)18-29(31(50)21-49)24-9-10-27-25(17-24)12-15-48-23-47-20-30(27)48/h12-13,15-16,24-27,29-31,33-34,37-40,47,49-50,53H,4-11,14,17-23H2,1-3H3/t24-,25-,27-,29+,30+,31-,33-,34+,37-,38-,39+,40-,43+,44+,45+,46-/m1/s1. The van der Waals surface area contributed by atoms with E-state index in [-0.39, 0.29) is 55.1 Å². The number of carbonyl (C=O) groups excluding carboxylic acids is 3. The Morgan fingerprint density at radius 3 is 2.63 bits per heavy atom. The summed E-state index contributed by atoms with van der Waals surface area (Å²) in [5.41, 5.74) is -4.40. The van der Waals surface area contributed by atoms with Gasteiger partial charge in [0.15, 0.2) is 11.9 Å². The number of epoxide rings is 1. The van der Waals surface area contributed by atoms with Crippen LogP contribution < -0.4 is 5.32 Å². The van der Waals surface area contributed by atoms with E-state index in [0.717, 1.165) is 64.6 Å². The van der Waals surface area contributed by atoms with Crippen LogP contribution in [-0.2, 0) is 39.8 Å². The predicted octanol–water partition coefficient (Wildman–Crippen LogP) is 3.97. The van der Waals surface area contributed by atoms with Gasteiger partial charge in [0.05, 0.1) is 49.7 Å². The van der Waals surface area contributed by atoms with Crippen LogP contribution >= 0.6 is 0 Å². The van der Waals surface area contributed by atoms with E-state index in [1.807, 2.05) is 19.9 Å². The SMILES string of the molecule is CC1(C)O[C@H]2CC(=O)OC[C@@]23[C@@H]1C(=O)[C@@H](O)[C@]1(C2CCCCC2)[C@@H]3CC[C@@]2(C)[C@H](c3ccoc3C[C@@H]([C@@H]3CC[C@@H]4[C@H](C=CN5CNC[C@@H]45)C3)[C@H](O)CO)OC(=O)[C@H]3O[C@@]312. The van der Waals surface area contributed by atoms with Gasteiger partial charge >= 0.3 is 11.9 Å². The van der Waals surface area contributed by atoms with Crippen molar-refractivity contribution in [2.24, 2.45) is 57.7 Å². The summed E-state index contributed by atoms with van der Waals surface area (Å²) in [6.07, 6.45) is 10.4. The zero-order valence-electron chi connectivity index (χ0n) is 34.7. The van der Waals surface area contributed by atoms with Crippen LogP contribution in [-0.4, -0.2) is 106 Å². The number of hydrogen-bond donors (Lipinski definition) is 4. The Labute approximate surface area is 345 Å². The van der Waals surface area contributed by atoms with E-state index >= 15 is 4.79 Å². The summed E-state index contributed by atoms with van der Waals surface area (Å²) in [4.78, 5) is 45.1. The molecule has 0 bridgehead atoms. The lowest BCUT2D eigenvalue weighted by atomic mass is 9.33. The molecule has 0 aromatic carbocycles. The van der Waals surface area contributed by atoms with Gasteiger partial charge < -0.3 is 43.6 Å². The molecule has 4 N–H and O–H groups in total. The number of furan rings is 1. The summed E-state index contributed by atoms with van der Waals surface area (Å²) >= 11 is 0. The number of aliphatic hydroxyl groups excluding tert-OH is 3. The highest BCUT2D eigenvalue weighted by Gasteiger charge is 2.92. The molecule has 13 heteroatoms. The third-order valence-electron chi connectivity index (χ3n) is 18.6. The maximum absolute atomic E-state index is 15.2. The molecular formula is C46H62N2O11. The molecule has 6 aliphatic heterocycles. The summed E-state index contributed by atoms with van der Waals surface area (Å²) in [7, 11) is 0. The van der Waals surface area contributed by atoms with Gasteiger partial charge in [-0.3, -0.25) is 14.9 Å². The third kappa shape index (κ3) is 4.97. The van der Waals surface area contributed by atoms with Gasteiger partial charge in [0.25, 0.3) is 0 Å². The fraction of sp³-hybridized carbons (Fsp3) is 0.804. The van der Waals surface area contributed by atoms with Crippen LogP contribution in [0.1, 0.15) is 109 Å². The molecule has 4 aliphatic carbocycles. The van der Waals surface area contributed by atoms with Crippen molar-refractivity contribution in [3.63, 3.8) is 0 Å². The first kappa shape index (κ1) is 39.1. The molecule has 0 amide bonds. The first-order valence-electron chi connectivity index (χ1n) is 22.8. The molecule has 13 nitrogen and oxygen atoms in total. The quantitative estimate of drug-likeness (QED) is 0.230. The first-order valence-corrected chi connectivity index (χ1v) is 22.8. The number of carbonyl (C=O) groups is 3. The van der Waals surface area contributed by atoms with Crippen LogP contribution in [0.15, 0.2) is 29.0 Å². The Bertz CT molecular complexity index is 1930. The monoisotopic (exact) mass is 818 g/mol. The van der Waals surface area contributed by atoms with Crippen molar-refractivity contribution in [2.75, 3.05) is 26.4 Å². The summed E-state index contributed by atoms with van der Waals surface area (Å²) < 4.78 is 32.5. The van der Waals surface area contributed by atoms with Crippen LogP contribution in [0.25, 0.3) is 0 Å². The molecule has 9 fully saturated rings. The average Bonchev–Trinajstić information content (AvgIpc) is 3.47. The Hall–Kier alpha value is -2.81. The van der Waals surface area contributed by atoms with Crippen LogP contribution in [0, 0.1) is 57.7 Å². The van der Waals surface area contributed by atoms with E-state index in [9.17, 15) is 24.9 Å². The lowest BCUT2D eigenvalue weighted by molar-refractivity contribution is -0.275. The van der Waals surface area contributed by atoms with Crippen molar-refractivity contribution in [1.29, 1.82) is 0 Å². The fourth-order valence-corrected chi connectivity index (χ4v) is 16.4. The van der Waals surface area contributed by atoms with E-state index in [2.05, 4.69) is 29.4 Å². The highest BCUT2D eigenvalue weighted by molar-refractivity contribution is 5.92. The normalized spacial score (nSPS) is 48.0. The van der Waals surface area contributed by atoms with Crippen molar-refractivity contribution in [2.45, 2.75) is 146 Å². The van der Waals surface area contributed by atoms with E-state index in [4.69, 9.17) is 23.4 Å². The van der Waals surface area contributed by atoms with E-state index in [0.29, 0.717) is 48.5 Å². The van der Waals surface area contributed by atoms with Gasteiger partial charge in [-0.15, -0.1) is 0 Å². The number of nitrogens with zero attached hydrogens (tertiary/aromatic N) is 1. The molecule has 16 atom stereocenters. The molecule has 4 saturated carbocycles. The second-order valence-corrected chi connectivity index (χ2v) is 21.1. The fourth-order valence-electron chi connectivity index (χ4n) is 16.4.